The third-order valence-corrected chi connectivity index (χ3v) is 6.77. The average molecular weight is 650 g/mol. The highest BCUT2D eigenvalue weighted by Gasteiger charge is 2.04. The van der Waals surface area contributed by atoms with E-state index in [0.717, 1.165) is 41.1 Å². The average Bonchev–Trinajstić information content (AvgIpc) is 2.83. The molecule has 0 aliphatic carbocycles. The van der Waals surface area contributed by atoms with Crippen molar-refractivity contribution in [1.29, 1.82) is 0 Å². The maximum Gasteiger partial charge on any atom is 0.135 e. The van der Waals surface area contributed by atoms with Crippen molar-refractivity contribution in [3.05, 3.63) is 115 Å². The van der Waals surface area contributed by atoms with Crippen molar-refractivity contribution in [1.82, 2.24) is 0 Å². The SMILES string of the molecule is Nc1cccc(OCc2ccccc2)c1I.Nc1cccc(OCc2ccccc2)c1I. The third kappa shape index (κ3) is 7.30. The van der Waals surface area contributed by atoms with Gasteiger partial charge in [0.25, 0.3) is 0 Å². The molecule has 0 radical (unpaired) electrons. The van der Waals surface area contributed by atoms with Gasteiger partial charge in [0.15, 0.2) is 0 Å². The van der Waals surface area contributed by atoms with Gasteiger partial charge < -0.3 is 20.9 Å². The predicted molar refractivity (Wildman–Crippen MR) is 149 cm³/mol. The molecule has 0 fully saturated rings. The standard InChI is InChI=1S/2C13H12INO/c2*14-13-11(15)7-4-8-12(13)16-9-10-5-2-1-3-6-10/h2*1-8H,9,15H2. The van der Waals surface area contributed by atoms with E-state index in [2.05, 4.69) is 45.2 Å². The normalized spacial score (nSPS) is 10.1. The van der Waals surface area contributed by atoms with Gasteiger partial charge in [-0.1, -0.05) is 72.8 Å². The molecule has 0 aromatic heterocycles. The van der Waals surface area contributed by atoms with Crippen LogP contribution in [0.3, 0.4) is 0 Å². The fourth-order valence-corrected chi connectivity index (χ4v) is 3.78. The molecule has 0 aliphatic rings. The maximum atomic E-state index is 5.80. The summed E-state index contributed by atoms with van der Waals surface area (Å²) < 4.78 is 13.4. The van der Waals surface area contributed by atoms with Crippen LogP contribution in [0.15, 0.2) is 97.1 Å². The van der Waals surface area contributed by atoms with Crippen LogP contribution in [0.5, 0.6) is 11.5 Å². The molecule has 0 saturated carbocycles. The van der Waals surface area contributed by atoms with Gasteiger partial charge in [-0.2, -0.15) is 0 Å². The van der Waals surface area contributed by atoms with Gasteiger partial charge >= 0.3 is 0 Å². The first-order chi connectivity index (χ1) is 15.5. The van der Waals surface area contributed by atoms with Crippen molar-refractivity contribution in [3.8, 4) is 11.5 Å². The summed E-state index contributed by atoms with van der Waals surface area (Å²) in [5, 5.41) is 0. The van der Waals surface area contributed by atoms with E-state index in [-0.39, 0.29) is 0 Å². The molecule has 0 atom stereocenters. The van der Waals surface area contributed by atoms with Crippen molar-refractivity contribution < 1.29 is 9.47 Å². The highest BCUT2D eigenvalue weighted by Crippen LogP contribution is 2.27. The fourth-order valence-electron chi connectivity index (χ4n) is 2.75. The summed E-state index contributed by atoms with van der Waals surface area (Å²) in [6.07, 6.45) is 0. The highest BCUT2D eigenvalue weighted by atomic mass is 127. The Bertz CT molecular complexity index is 1030. The molecule has 4 aromatic rings. The van der Waals surface area contributed by atoms with E-state index in [4.69, 9.17) is 20.9 Å². The highest BCUT2D eigenvalue weighted by molar-refractivity contribution is 14.1. The summed E-state index contributed by atoms with van der Waals surface area (Å²) in [5.41, 5.74) is 15.4. The molecule has 6 heteroatoms. The zero-order valence-electron chi connectivity index (χ0n) is 17.4. The molecule has 0 bridgehead atoms. The third-order valence-electron chi connectivity index (χ3n) is 4.46. The monoisotopic (exact) mass is 650 g/mol. The Kier molecular flexibility index (Phi) is 9.48. The molecule has 32 heavy (non-hydrogen) atoms. The van der Waals surface area contributed by atoms with Crippen LogP contribution in [0.1, 0.15) is 11.1 Å². The smallest absolute Gasteiger partial charge is 0.135 e. The second-order valence-corrected chi connectivity index (χ2v) is 9.02. The molecule has 0 spiro atoms. The summed E-state index contributed by atoms with van der Waals surface area (Å²) in [4.78, 5) is 0. The van der Waals surface area contributed by atoms with Crippen LogP contribution in [0.2, 0.25) is 0 Å². The number of anilines is 2. The van der Waals surface area contributed by atoms with Gasteiger partial charge in [-0.05, 0) is 80.6 Å². The van der Waals surface area contributed by atoms with Gasteiger partial charge in [0.1, 0.15) is 24.7 Å². The number of benzene rings is 4. The number of ether oxygens (including phenoxy) is 2. The Morgan fingerprint density at radius 2 is 0.875 bits per heavy atom. The van der Waals surface area contributed by atoms with Crippen LogP contribution in [0.4, 0.5) is 11.4 Å². The molecule has 0 heterocycles. The van der Waals surface area contributed by atoms with Crippen LogP contribution in [0, 0.1) is 7.14 Å². The van der Waals surface area contributed by atoms with E-state index >= 15 is 0 Å². The number of hydrogen-bond acceptors (Lipinski definition) is 4. The lowest BCUT2D eigenvalue weighted by molar-refractivity contribution is 0.304. The summed E-state index contributed by atoms with van der Waals surface area (Å²) in [6.45, 7) is 1.14. The number of rotatable bonds is 6. The number of nitrogen functional groups attached to an aromatic ring is 2. The Labute approximate surface area is 216 Å². The van der Waals surface area contributed by atoms with Crippen LogP contribution in [-0.2, 0) is 13.2 Å². The van der Waals surface area contributed by atoms with Crippen molar-refractivity contribution in [2.24, 2.45) is 0 Å². The van der Waals surface area contributed by atoms with E-state index in [0.29, 0.717) is 13.2 Å². The first-order valence-electron chi connectivity index (χ1n) is 9.96. The molecule has 0 aliphatic heterocycles. The Morgan fingerprint density at radius 3 is 1.25 bits per heavy atom. The van der Waals surface area contributed by atoms with Crippen LogP contribution in [-0.4, -0.2) is 0 Å². The van der Waals surface area contributed by atoms with E-state index in [1.165, 1.54) is 0 Å². The predicted octanol–water partition coefficient (Wildman–Crippen LogP) is 6.90. The van der Waals surface area contributed by atoms with E-state index in [9.17, 15) is 0 Å². The quantitative estimate of drug-likeness (QED) is 0.176. The lowest BCUT2D eigenvalue weighted by Crippen LogP contribution is -1.98. The zero-order valence-corrected chi connectivity index (χ0v) is 21.7. The molecule has 4 nitrogen and oxygen atoms in total. The lowest BCUT2D eigenvalue weighted by atomic mass is 10.2. The van der Waals surface area contributed by atoms with Gasteiger partial charge in [0.2, 0.25) is 0 Å². The van der Waals surface area contributed by atoms with Gasteiger partial charge in [-0.15, -0.1) is 0 Å². The van der Waals surface area contributed by atoms with Crippen molar-refractivity contribution >= 4 is 56.6 Å². The first kappa shape index (κ1) is 24.2. The number of nitrogens with two attached hydrogens (primary N) is 2. The Hall–Kier alpha value is -2.46. The molecule has 0 unspecified atom stereocenters. The molecular formula is C26H24I2N2O2. The molecule has 4 N–H and O–H groups in total. The van der Waals surface area contributed by atoms with Crippen LogP contribution < -0.4 is 20.9 Å². The number of halogens is 2. The fraction of sp³-hybridized carbons (Fsp3) is 0.0769. The van der Waals surface area contributed by atoms with Crippen LogP contribution >= 0.6 is 45.2 Å². The minimum Gasteiger partial charge on any atom is -0.488 e. The Morgan fingerprint density at radius 1 is 0.500 bits per heavy atom. The zero-order chi connectivity index (χ0) is 22.8. The van der Waals surface area contributed by atoms with E-state index in [1.807, 2.05) is 97.1 Å². The molecule has 0 amide bonds. The Balaban J connectivity index is 0.000000181. The summed E-state index contributed by atoms with van der Waals surface area (Å²) in [6, 6.07) is 31.6. The summed E-state index contributed by atoms with van der Waals surface area (Å²) in [5.74, 6) is 1.67. The molecule has 4 rings (SSSR count). The minimum atomic E-state index is 0.570. The first-order valence-corrected chi connectivity index (χ1v) is 12.1. The molecular weight excluding hydrogens is 626 g/mol. The van der Waals surface area contributed by atoms with Gasteiger partial charge in [-0.3, -0.25) is 0 Å². The summed E-state index contributed by atoms with van der Waals surface area (Å²) in [7, 11) is 0. The minimum absolute atomic E-state index is 0.570. The lowest BCUT2D eigenvalue weighted by Gasteiger charge is -2.09. The van der Waals surface area contributed by atoms with Gasteiger partial charge in [0.05, 0.1) is 7.14 Å². The summed E-state index contributed by atoms with van der Waals surface area (Å²) >= 11 is 4.40. The topological polar surface area (TPSA) is 70.5 Å². The van der Waals surface area contributed by atoms with E-state index < -0.39 is 0 Å². The molecule has 0 saturated heterocycles. The second-order valence-electron chi connectivity index (χ2n) is 6.87. The van der Waals surface area contributed by atoms with Crippen molar-refractivity contribution in [2.45, 2.75) is 13.2 Å². The number of hydrogen-bond donors (Lipinski definition) is 2. The maximum absolute atomic E-state index is 5.80. The van der Waals surface area contributed by atoms with Crippen LogP contribution in [0.25, 0.3) is 0 Å². The van der Waals surface area contributed by atoms with E-state index in [1.54, 1.807) is 0 Å². The second kappa shape index (κ2) is 12.5. The molecule has 4 aromatic carbocycles. The van der Waals surface area contributed by atoms with Gasteiger partial charge in [-0.25, -0.2) is 0 Å². The largest absolute Gasteiger partial charge is 0.488 e. The van der Waals surface area contributed by atoms with Gasteiger partial charge in [0, 0.05) is 11.4 Å². The van der Waals surface area contributed by atoms with Crippen molar-refractivity contribution in [3.63, 3.8) is 0 Å². The molecule has 164 valence electrons. The van der Waals surface area contributed by atoms with Crippen molar-refractivity contribution in [2.75, 3.05) is 11.5 Å².